The van der Waals surface area contributed by atoms with E-state index in [0.29, 0.717) is 34.6 Å². The molecule has 0 saturated heterocycles. The second-order valence-corrected chi connectivity index (χ2v) is 19.5. The molecule has 0 heterocycles. The summed E-state index contributed by atoms with van der Waals surface area (Å²) in [6.07, 6.45) is 44.2. The number of carbonyl (C=O) groups is 2. The number of hydrogen-bond donors (Lipinski definition) is 0. The molecule has 63 heavy (non-hydrogen) atoms. The van der Waals surface area contributed by atoms with E-state index in [2.05, 4.69) is 131 Å². The second kappa shape index (κ2) is 31.7. The number of ketones is 2. The average Bonchev–Trinajstić information content (AvgIpc) is 3.22. The Kier molecular flexibility index (Phi) is 27.8. The molecule has 1 atom stereocenters. The number of allylic oxidation sites excluding steroid dienone is 20. The summed E-state index contributed by atoms with van der Waals surface area (Å²) < 4.78 is 0. The lowest BCUT2D eigenvalue weighted by Crippen LogP contribution is -2.20. The first-order chi connectivity index (χ1) is 30.1. The molecule has 1 aromatic carbocycles. The maximum absolute atomic E-state index is 13.1. The van der Waals surface area contributed by atoms with Crippen LogP contribution in [0, 0.1) is 5.92 Å². The van der Waals surface area contributed by atoms with Gasteiger partial charge in [-0.05, 0) is 204 Å². The normalized spacial score (nSPS) is 15.7. The minimum Gasteiger partial charge on any atom is -0.289 e. The standard InChI is InChI=1S/C61H90O2/c1-46(2)24-15-25-47(3)26-16-27-48(4)28-17-29-49(5)30-18-31-50(6)32-19-33-51(7)34-20-35-52(8)36-21-37-53(9)38-22-39-54(10)40-23-41-55(11)44-45-57-56(12)60(62)58-42-13-14-43-59(58)61(57)63/h13-14,24,26,28,30,32,34,36,38,42-44,54H,15-23,25,27,29,31,33,35,37,39-41,45H2,1-12H3. The zero-order valence-electron chi connectivity index (χ0n) is 42.5. The molecule has 0 aromatic heterocycles. The highest BCUT2D eigenvalue weighted by Crippen LogP contribution is 2.29. The smallest absolute Gasteiger partial charge is 0.190 e. The molecule has 0 radical (unpaired) electrons. The lowest BCUT2D eigenvalue weighted by atomic mass is 9.83. The van der Waals surface area contributed by atoms with Gasteiger partial charge >= 0.3 is 0 Å². The first-order valence-electron chi connectivity index (χ1n) is 24.8. The molecule has 2 rings (SSSR count). The zero-order valence-corrected chi connectivity index (χ0v) is 42.5. The van der Waals surface area contributed by atoms with Crippen molar-refractivity contribution < 1.29 is 9.59 Å². The Bertz CT molecular complexity index is 1910. The van der Waals surface area contributed by atoms with Crippen molar-refractivity contribution in [2.45, 2.75) is 212 Å². The predicted octanol–water partition coefficient (Wildman–Crippen LogP) is 19.4. The van der Waals surface area contributed by atoms with Gasteiger partial charge in [0.05, 0.1) is 0 Å². The summed E-state index contributed by atoms with van der Waals surface area (Å²) in [5.41, 5.74) is 15.7. The van der Waals surface area contributed by atoms with E-state index in [1.807, 2.05) is 12.1 Å². The summed E-state index contributed by atoms with van der Waals surface area (Å²) in [7, 11) is 0. The summed E-state index contributed by atoms with van der Waals surface area (Å²) in [5, 5.41) is 0. The van der Waals surface area contributed by atoms with Crippen molar-refractivity contribution in [2.75, 3.05) is 0 Å². The van der Waals surface area contributed by atoms with Crippen LogP contribution >= 0.6 is 0 Å². The van der Waals surface area contributed by atoms with Crippen molar-refractivity contribution in [3.8, 4) is 0 Å². The van der Waals surface area contributed by atoms with Crippen molar-refractivity contribution in [1.29, 1.82) is 0 Å². The molecule has 0 amide bonds. The number of rotatable bonds is 30. The summed E-state index contributed by atoms with van der Waals surface area (Å²) in [6, 6.07) is 7.19. The van der Waals surface area contributed by atoms with Gasteiger partial charge in [0.1, 0.15) is 0 Å². The maximum atomic E-state index is 13.1. The van der Waals surface area contributed by atoms with Crippen molar-refractivity contribution in [3.63, 3.8) is 0 Å². The highest BCUT2D eigenvalue weighted by Gasteiger charge is 2.28. The number of benzene rings is 1. The largest absolute Gasteiger partial charge is 0.289 e. The Hall–Kier alpha value is -4.04. The lowest BCUT2D eigenvalue weighted by Gasteiger charge is -2.18. The number of hydrogen-bond acceptors (Lipinski definition) is 2. The molecule has 0 aliphatic heterocycles. The predicted molar refractivity (Wildman–Crippen MR) is 279 cm³/mol. The van der Waals surface area contributed by atoms with Crippen molar-refractivity contribution in [1.82, 2.24) is 0 Å². The molecule has 0 fully saturated rings. The van der Waals surface area contributed by atoms with Gasteiger partial charge in [0.15, 0.2) is 11.6 Å². The third-order valence-electron chi connectivity index (χ3n) is 12.8. The SMILES string of the molecule is CC(C)=CCCC(C)=CCCC(C)=CCCC(C)=CCCC(C)=CCCC(C)=CCCC(C)=CCCC(C)=CCCC(C)CCCC(C)=CCC1=C(C)C(=O)c2ccccc2C1=O. The van der Waals surface area contributed by atoms with Gasteiger partial charge in [-0.25, -0.2) is 0 Å². The van der Waals surface area contributed by atoms with Crippen LogP contribution in [0.15, 0.2) is 140 Å². The van der Waals surface area contributed by atoms with E-state index in [-0.39, 0.29) is 11.6 Å². The zero-order chi connectivity index (χ0) is 46.6. The highest BCUT2D eigenvalue weighted by molar-refractivity contribution is 6.26. The van der Waals surface area contributed by atoms with E-state index in [1.165, 1.54) is 88.7 Å². The molecular weight excluding hydrogens is 765 g/mol. The van der Waals surface area contributed by atoms with Crippen LogP contribution < -0.4 is 0 Å². The van der Waals surface area contributed by atoms with Gasteiger partial charge in [-0.2, -0.15) is 0 Å². The van der Waals surface area contributed by atoms with Crippen LogP contribution in [0.4, 0.5) is 0 Å². The number of fused-ring (bicyclic) bond motifs is 1. The Balaban J connectivity index is 1.56. The van der Waals surface area contributed by atoms with Crippen LogP contribution in [0.2, 0.25) is 0 Å². The van der Waals surface area contributed by atoms with Crippen LogP contribution in [-0.2, 0) is 0 Å². The Labute approximate surface area is 388 Å². The van der Waals surface area contributed by atoms with E-state index in [4.69, 9.17) is 0 Å². The second-order valence-electron chi connectivity index (χ2n) is 19.5. The molecule has 0 bridgehead atoms. The van der Waals surface area contributed by atoms with Crippen molar-refractivity contribution >= 4 is 11.6 Å². The van der Waals surface area contributed by atoms with Crippen LogP contribution in [0.25, 0.3) is 0 Å². The van der Waals surface area contributed by atoms with E-state index < -0.39 is 0 Å². The van der Waals surface area contributed by atoms with Crippen LogP contribution in [0.1, 0.15) is 232 Å². The number of carbonyl (C=O) groups excluding carboxylic acids is 2. The fourth-order valence-corrected chi connectivity index (χ4v) is 8.24. The molecule has 1 aliphatic carbocycles. The third kappa shape index (κ3) is 24.6. The first kappa shape index (κ1) is 55.1. The Morgan fingerprint density at radius 1 is 0.429 bits per heavy atom. The van der Waals surface area contributed by atoms with Gasteiger partial charge in [-0.3, -0.25) is 9.59 Å². The van der Waals surface area contributed by atoms with Gasteiger partial charge in [-0.15, -0.1) is 0 Å². The van der Waals surface area contributed by atoms with Crippen LogP contribution in [0.5, 0.6) is 0 Å². The molecule has 2 nitrogen and oxygen atoms in total. The highest BCUT2D eigenvalue weighted by atomic mass is 16.1. The van der Waals surface area contributed by atoms with E-state index in [1.54, 1.807) is 19.1 Å². The van der Waals surface area contributed by atoms with Gasteiger partial charge in [0.25, 0.3) is 0 Å². The molecule has 1 unspecified atom stereocenters. The number of Topliss-reactive ketones (excluding diaryl/α,β-unsaturated/α-hetero) is 2. The van der Waals surface area contributed by atoms with Crippen LogP contribution in [0.3, 0.4) is 0 Å². The molecule has 0 saturated carbocycles. The Morgan fingerprint density at radius 3 is 1.14 bits per heavy atom. The fraction of sp³-hybridized carbons (Fsp3) is 0.541. The topological polar surface area (TPSA) is 34.1 Å². The first-order valence-corrected chi connectivity index (χ1v) is 24.8. The minimum absolute atomic E-state index is 0.00316. The summed E-state index contributed by atoms with van der Waals surface area (Å²) in [5.74, 6) is 0.684. The average molecular weight is 855 g/mol. The van der Waals surface area contributed by atoms with Crippen LogP contribution in [-0.4, -0.2) is 11.6 Å². The van der Waals surface area contributed by atoms with E-state index >= 15 is 0 Å². The fourth-order valence-electron chi connectivity index (χ4n) is 8.24. The van der Waals surface area contributed by atoms with Gasteiger partial charge in [0.2, 0.25) is 0 Å². The molecular formula is C61H90O2. The van der Waals surface area contributed by atoms with Gasteiger partial charge < -0.3 is 0 Å². The summed E-state index contributed by atoms with van der Waals surface area (Å²) in [6.45, 7) is 26.7. The quantitative estimate of drug-likeness (QED) is 0.0723. The van der Waals surface area contributed by atoms with E-state index in [0.717, 1.165) is 83.5 Å². The third-order valence-corrected chi connectivity index (χ3v) is 12.8. The van der Waals surface area contributed by atoms with Crippen molar-refractivity contribution in [2.24, 2.45) is 5.92 Å². The summed E-state index contributed by atoms with van der Waals surface area (Å²) >= 11 is 0. The monoisotopic (exact) mass is 855 g/mol. The summed E-state index contributed by atoms with van der Waals surface area (Å²) in [4.78, 5) is 25.9. The van der Waals surface area contributed by atoms with Gasteiger partial charge in [-0.1, -0.05) is 142 Å². The molecule has 2 heteroatoms. The molecule has 1 aromatic rings. The van der Waals surface area contributed by atoms with E-state index in [9.17, 15) is 9.59 Å². The minimum atomic E-state index is -0.0137. The molecule has 0 N–H and O–H groups in total. The molecule has 1 aliphatic rings. The molecule has 0 spiro atoms. The lowest BCUT2D eigenvalue weighted by molar-refractivity contribution is 0.0973. The maximum Gasteiger partial charge on any atom is 0.190 e. The van der Waals surface area contributed by atoms with Crippen molar-refractivity contribution in [3.05, 3.63) is 151 Å². The van der Waals surface area contributed by atoms with Gasteiger partial charge in [0, 0.05) is 22.3 Å². The molecule has 346 valence electrons. The Morgan fingerprint density at radius 2 is 0.762 bits per heavy atom.